The van der Waals surface area contributed by atoms with Crippen LogP contribution in [0.25, 0.3) is 0 Å². The van der Waals surface area contributed by atoms with Crippen molar-refractivity contribution < 1.29 is 9.90 Å². The zero-order valence-corrected chi connectivity index (χ0v) is 10.9. The second-order valence-corrected chi connectivity index (χ2v) is 5.70. The molecule has 0 aliphatic carbocycles. The van der Waals surface area contributed by atoms with Crippen LogP contribution >= 0.6 is 11.8 Å². The molecule has 5 heteroatoms. The molecule has 1 amide bonds. The number of hydrogen-bond acceptors (Lipinski definition) is 4. The summed E-state index contributed by atoms with van der Waals surface area (Å²) in [5.74, 6) is 2.15. The summed E-state index contributed by atoms with van der Waals surface area (Å²) in [5, 5.41) is 15.4. The first-order chi connectivity index (χ1) is 7.59. The maximum Gasteiger partial charge on any atom is 0.222 e. The molecule has 0 saturated carbocycles. The third-order valence-electron chi connectivity index (χ3n) is 3.00. The lowest BCUT2D eigenvalue weighted by molar-refractivity contribution is -0.123. The van der Waals surface area contributed by atoms with Crippen molar-refractivity contribution in [3.8, 4) is 0 Å². The van der Waals surface area contributed by atoms with E-state index in [9.17, 15) is 9.90 Å². The molecule has 1 fully saturated rings. The third kappa shape index (κ3) is 4.31. The van der Waals surface area contributed by atoms with Gasteiger partial charge in [-0.2, -0.15) is 11.8 Å². The van der Waals surface area contributed by atoms with Gasteiger partial charge in [0.2, 0.25) is 5.91 Å². The van der Waals surface area contributed by atoms with Crippen LogP contribution in [0.5, 0.6) is 0 Å². The van der Waals surface area contributed by atoms with E-state index >= 15 is 0 Å². The van der Waals surface area contributed by atoms with E-state index in [1.807, 2.05) is 25.6 Å². The molecule has 94 valence electrons. The van der Waals surface area contributed by atoms with Crippen LogP contribution in [0.4, 0.5) is 0 Å². The van der Waals surface area contributed by atoms with Crippen molar-refractivity contribution >= 4 is 17.7 Å². The molecular weight excluding hydrogens is 224 g/mol. The standard InChI is InChI=1S/C11H22N2O2S/c1-3-11(2,8-14)13-10(15)6-9-7-16-5-4-12-9/h9,12,14H,3-8H2,1-2H3,(H,13,15). The SMILES string of the molecule is CCC(C)(CO)NC(=O)CC1CSCCN1. The van der Waals surface area contributed by atoms with Crippen molar-refractivity contribution in [2.24, 2.45) is 0 Å². The van der Waals surface area contributed by atoms with Gasteiger partial charge in [-0.15, -0.1) is 0 Å². The van der Waals surface area contributed by atoms with E-state index in [0.29, 0.717) is 6.42 Å². The fraction of sp³-hybridized carbons (Fsp3) is 0.909. The summed E-state index contributed by atoms with van der Waals surface area (Å²) < 4.78 is 0. The fourth-order valence-electron chi connectivity index (χ4n) is 1.60. The lowest BCUT2D eigenvalue weighted by atomic mass is 10.00. The Balaban J connectivity index is 2.34. The predicted octanol–water partition coefficient (Wildman–Crippen LogP) is 0.359. The molecule has 4 nitrogen and oxygen atoms in total. The summed E-state index contributed by atoms with van der Waals surface area (Å²) in [6.07, 6.45) is 1.24. The van der Waals surface area contributed by atoms with E-state index in [4.69, 9.17) is 0 Å². The van der Waals surface area contributed by atoms with Crippen LogP contribution in [-0.2, 0) is 4.79 Å². The highest BCUT2D eigenvalue weighted by Crippen LogP contribution is 2.12. The van der Waals surface area contributed by atoms with Gasteiger partial charge in [0.25, 0.3) is 0 Å². The summed E-state index contributed by atoms with van der Waals surface area (Å²) in [6.45, 7) is 4.80. The number of hydrogen-bond donors (Lipinski definition) is 3. The molecule has 1 heterocycles. The molecule has 1 saturated heterocycles. The maximum atomic E-state index is 11.8. The smallest absolute Gasteiger partial charge is 0.222 e. The van der Waals surface area contributed by atoms with Gasteiger partial charge in [-0.05, 0) is 13.3 Å². The molecule has 3 N–H and O–H groups in total. The Labute approximate surface area is 102 Å². The van der Waals surface area contributed by atoms with Crippen LogP contribution < -0.4 is 10.6 Å². The highest BCUT2D eigenvalue weighted by molar-refractivity contribution is 7.99. The zero-order chi connectivity index (χ0) is 12.0. The van der Waals surface area contributed by atoms with Gasteiger partial charge in [0.1, 0.15) is 0 Å². The largest absolute Gasteiger partial charge is 0.394 e. The van der Waals surface area contributed by atoms with Crippen molar-refractivity contribution in [1.82, 2.24) is 10.6 Å². The van der Waals surface area contributed by atoms with Crippen molar-refractivity contribution in [3.63, 3.8) is 0 Å². The summed E-state index contributed by atoms with van der Waals surface area (Å²) >= 11 is 1.88. The molecule has 0 aromatic rings. The molecule has 0 spiro atoms. The Morgan fingerprint density at radius 3 is 2.94 bits per heavy atom. The number of thioether (sulfide) groups is 1. The second-order valence-electron chi connectivity index (χ2n) is 4.55. The Hall–Kier alpha value is -0.260. The fourth-order valence-corrected chi connectivity index (χ4v) is 2.55. The Kier molecular flexibility index (Phi) is 5.58. The van der Waals surface area contributed by atoms with Crippen molar-refractivity contribution in [1.29, 1.82) is 0 Å². The van der Waals surface area contributed by atoms with Crippen LogP contribution in [0.15, 0.2) is 0 Å². The Morgan fingerprint density at radius 1 is 1.69 bits per heavy atom. The molecule has 16 heavy (non-hydrogen) atoms. The minimum atomic E-state index is -0.473. The van der Waals surface area contributed by atoms with Crippen molar-refractivity contribution in [3.05, 3.63) is 0 Å². The predicted molar refractivity (Wildman–Crippen MR) is 67.7 cm³/mol. The topological polar surface area (TPSA) is 61.4 Å². The van der Waals surface area contributed by atoms with E-state index in [0.717, 1.165) is 24.5 Å². The summed E-state index contributed by atoms with van der Waals surface area (Å²) in [6, 6.07) is 0.276. The molecule has 0 aromatic heterocycles. The van der Waals surface area contributed by atoms with Gasteiger partial charge < -0.3 is 15.7 Å². The Bertz CT molecular complexity index is 226. The quantitative estimate of drug-likeness (QED) is 0.655. The number of carbonyl (C=O) groups excluding carboxylic acids is 1. The van der Waals surface area contributed by atoms with Gasteiger partial charge in [-0.3, -0.25) is 4.79 Å². The van der Waals surface area contributed by atoms with Gasteiger partial charge in [-0.1, -0.05) is 6.92 Å². The van der Waals surface area contributed by atoms with E-state index in [2.05, 4.69) is 10.6 Å². The average Bonchev–Trinajstić information content (AvgIpc) is 2.30. The van der Waals surface area contributed by atoms with Crippen LogP contribution in [0.3, 0.4) is 0 Å². The second kappa shape index (κ2) is 6.47. The van der Waals surface area contributed by atoms with Crippen LogP contribution in [0.1, 0.15) is 26.7 Å². The van der Waals surface area contributed by atoms with Crippen LogP contribution in [0, 0.1) is 0 Å². The third-order valence-corrected chi connectivity index (χ3v) is 4.13. The molecule has 0 aromatic carbocycles. The van der Waals surface area contributed by atoms with E-state index in [1.54, 1.807) is 0 Å². The van der Waals surface area contributed by atoms with Gasteiger partial charge in [0.05, 0.1) is 12.1 Å². The lowest BCUT2D eigenvalue weighted by Gasteiger charge is -2.29. The molecule has 0 bridgehead atoms. The summed E-state index contributed by atoms with van der Waals surface area (Å²) in [7, 11) is 0. The molecule has 1 aliphatic heterocycles. The summed E-state index contributed by atoms with van der Waals surface area (Å²) in [5.41, 5.74) is -0.473. The van der Waals surface area contributed by atoms with Crippen molar-refractivity contribution in [2.75, 3.05) is 24.7 Å². The van der Waals surface area contributed by atoms with Gasteiger partial charge in [-0.25, -0.2) is 0 Å². The molecule has 1 aliphatic rings. The monoisotopic (exact) mass is 246 g/mol. The minimum absolute atomic E-state index is 0.0118. The summed E-state index contributed by atoms with van der Waals surface area (Å²) in [4.78, 5) is 11.8. The first-order valence-corrected chi connectivity index (χ1v) is 6.98. The number of aliphatic hydroxyl groups is 1. The van der Waals surface area contributed by atoms with E-state index < -0.39 is 5.54 Å². The first kappa shape index (κ1) is 13.8. The molecule has 0 radical (unpaired) electrons. The molecule has 2 atom stereocenters. The number of aliphatic hydroxyl groups excluding tert-OH is 1. The van der Waals surface area contributed by atoms with E-state index in [-0.39, 0.29) is 18.6 Å². The highest BCUT2D eigenvalue weighted by Gasteiger charge is 2.25. The molecular formula is C11H22N2O2S. The van der Waals surface area contributed by atoms with Gasteiger partial charge >= 0.3 is 0 Å². The number of amides is 1. The number of carbonyl (C=O) groups is 1. The number of nitrogens with one attached hydrogen (secondary N) is 2. The van der Waals surface area contributed by atoms with Gasteiger partial charge in [0.15, 0.2) is 0 Å². The number of rotatable bonds is 5. The highest BCUT2D eigenvalue weighted by atomic mass is 32.2. The molecule has 2 unspecified atom stereocenters. The maximum absolute atomic E-state index is 11.8. The zero-order valence-electron chi connectivity index (χ0n) is 10.1. The first-order valence-electron chi connectivity index (χ1n) is 5.82. The minimum Gasteiger partial charge on any atom is -0.394 e. The average molecular weight is 246 g/mol. The van der Waals surface area contributed by atoms with Gasteiger partial charge in [0, 0.05) is 30.5 Å². The van der Waals surface area contributed by atoms with Crippen molar-refractivity contribution in [2.45, 2.75) is 38.3 Å². The Morgan fingerprint density at radius 2 is 2.44 bits per heavy atom. The normalized spacial score (nSPS) is 24.8. The van der Waals surface area contributed by atoms with Crippen LogP contribution in [-0.4, -0.2) is 47.3 Å². The lowest BCUT2D eigenvalue weighted by Crippen LogP contribution is -2.50. The van der Waals surface area contributed by atoms with E-state index in [1.165, 1.54) is 0 Å². The van der Waals surface area contributed by atoms with Crippen LogP contribution in [0.2, 0.25) is 0 Å². The molecule has 1 rings (SSSR count).